The van der Waals surface area contributed by atoms with Gasteiger partial charge in [0.05, 0.1) is 18.6 Å². The summed E-state index contributed by atoms with van der Waals surface area (Å²) in [7, 11) is 28.9. The van der Waals surface area contributed by atoms with Crippen LogP contribution in [0.1, 0.15) is 27.2 Å². The highest BCUT2D eigenvalue weighted by atomic mass is 16.5. The van der Waals surface area contributed by atoms with Gasteiger partial charge in [0.2, 0.25) is 0 Å². The second-order valence-electron chi connectivity index (χ2n) is 6.80. The van der Waals surface area contributed by atoms with E-state index in [1.54, 1.807) is 0 Å². The van der Waals surface area contributed by atoms with Crippen LogP contribution >= 0.6 is 0 Å². The highest BCUT2D eigenvalue weighted by Crippen LogP contribution is 2.40. The average molecular weight is 264 g/mol. The molecule has 0 aromatic rings. The molecule has 1 atom stereocenters. The molecule has 1 unspecified atom stereocenters. The smallest absolute Gasteiger partial charge is 0.311 e. The Kier molecular flexibility index (Phi) is 6.93. The van der Waals surface area contributed by atoms with Crippen LogP contribution in [0.3, 0.4) is 0 Å². The second kappa shape index (κ2) is 7.59. The number of carbonyl (C=O) groups excluding carboxylic acids is 1. The van der Waals surface area contributed by atoms with Gasteiger partial charge in [-0.15, -0.1) is 0 Å². The summed E-state index contributed by atoms with van der Waals surface area (Å²) in [6, 6.07) is 0. The van der Waals surface area contributed by atoms with Gasteiger partial charge in [0.1, 0.15) is 0 Å². The van der Waals surface area contributed by atoms with Crippen LogP contribution in [0.2, 0.25) is 12.1 Å². The molecule has 1 heterocycles. The van der Waals surface area contributed by atoms with Crippen molar-refractivity contribution in [1.29, 1.82) is 0 Å². The summed E-state index contributed by atoms with van der Waals surface area (Å²) in [6.07, 6.45) is -0.227. The lowest BCUT2D eigenvalue weighted by molar-refractivity contribution is -0.153. The first kappa shape index (κ1) is 19.2. The zero-order valence-corrected chi connectivity index (χ0v) is 13.3. The molecule has 1 aliphatic rings. The van der Waals surface area contributed by atoms with E-state index in [2.05, 4.69) is 0 Å². The van der Waals surface area contributed by atoms with Gasteiger partial charge in [-0.25, -0.2) is 0 Å². The highest BCUT2D eigenvalue weighted by Gasteiger charge is 2.50. The molecule has 0 bridgehead atoms. The Balaban J connectivity index is 2.50. The first-order valence-corrected chi connectivity index (χ1v) is 7.57. The van der Waals surface area contributed by atoms with Gasteiger partial charge >= 0.3 is 5.97 Å². The number of esters is 1. The lowest BCUT2D eigenvalue weighted by atomic mass is 8.57. The van der Waals surface area contributed by atoms with Crippen LogP contribution in [0.15, 0.2) is 0 Å². The monoisotopic (exact) mass is 266 g/mol. The Bertz CT molecular complexity index is 362. The van der Waals surface area contributed by atoms with Crippen molar-refractivity contribution in [3.63, 3.8) is 0 Å². The van der Waals surface area contributed by atoms with Crippen molar-refractivity contribution in [2.24, 2.45) is 5.41 Å². The molecule has 1 saturated heterocycles. The Hall–Kier alpha value is 0.119. The minimum absolute atomic E-state index is 0.159. The predicted octanol–water partition coefficient (Wildman–Crippen LogP) is -1.54. The number of hydrogen-bond donors (Lipinski definition) is 0. The molecule has 21 heavy (non-hydrogen) atoms. The van der Waals surface area contributed by atoms with Crippen LogP contribution in [0.4, 0.5) is 0 Å². The fraction of sp³-hybridized carbons (Fsp3) is 0.889. The van der Waals surface area contributed by atoms with Crippen molar-refractivity contribution in [3.05, 3.63) is 0 Å². The average Bonchev–Trinajstić information content (AvgIpc) is 3.14. The Morgan fingerprint density at radius 1 is 1.24 bits per heavy atom. The van der Waals surface area contributed by atoms with E-state index in [-0.39, 0.29) is 24.8 Å². The molecule has 2 nitrogen and oxygen atoms in total. The zero-order chi connectivity index (χ0) is 16.4. The van der Waals surface area contributed by atoms with Gasteiger partial charge < -0.3 is 4.74 Å². The summed E-state index contributed by atoms with van der Waals surface area (Å²) in [5.41, 5.74) is -0.454. The summed E-state index contributed by atoms with van der Waals surface area (Å²) < 4.78 is 5.40. The Morgan fingerprint density at radius 3 is 2.24 bits per heavy atom. The van der Waals surface area contributed by atoms with Crippen LogP contribution in [-0.2, 0) is 9.53 Å². The standard InChI is InChI=1S/C9H16B10O2/c1-4-9(2,3)8(20)21-6-7-5-15(7)19(17(12)13)18(14)16(10)11/h7H,4-6H2,1-3H3. The van der Waals surface area contributed by atoms with Gasteiger partial charge in [0, 0.05) is 64.2 Å². The first-order chi connectivity index (χ1) is 9.61. The first-order valence-electron chi connectivity index (χ1n) is 7.57. The van der Waals surface area contributed by atoms with Crippen molar-refractivity contribution in [2.75, 3.05) is 6.61 Å². The summed E-state index contributed by atoms with van der Waals surface area (Å²) in [5, 5.41) is 0. The van der Waals surface area contributed by atoms with E-state index in [9.17, 15) is 4.79 Å². The maximum Gasteiger partial charge on any atom is 0.311 e. The molecule has 1 rings (SSSR count). The fourth-order valence-corrected chi connectivity index (χ4v) is 2.54. The van der Waals surface area contributed by atoms with Gasteiger partial charge in [-0.05, 0) is 26.1 Å². The maximum absolute atomic E-state index is 11.9. The summed E-state index contributed by atoms with van der Waals surface area (Å²) in [6.45, 7) is 6.31. The molecule has 0 amide bonds. The van der Waals surface area contributed by atoms with E-state index in [4.69, 9.17) is 43.4 Å². The second-order valence-corrected chi connectivity index (χ2v) is 6.80. The predicted molar refractivity (Wildman–Crippen MR) is 101 cm³/mol. The van der Waals surface area contributed by atoms with Crippen LogP contribution < -0.4 is 0 Å². The van der Waals surface area contributed by atoms with Crippen molar-refractivity contribution >= 4 is 76.8 Å². The minimum atomic E-state index is -0.660. The van der Waals surface area contributed by atoms with E-state index < -0.39 is 24.6 Å². The van der Waals surface area contributed by atoms with Crippen molar-refractivity contribution in [1.82, 2.24) is 0 Å². The molecule has 0 N–H and O–H groups in total. The van der Waals surface area contributed by atoms with Crippen molar-refractivity contribution in [3.8, 4) is 0 Å². The molecular formula is C9H16B10O2. The molecule has 10 radical (unpaired) electrons. The van der Waals surface area contributed by atoms with E-state index >= 15 is 0 Å². The van der Waals surface area contributed by atoms with Gasteiger partial charge in [-0.3, -0.25) is 4.79 Å². The third-order valence-electron chi connectivity index (χ3n) is 4.67. The van der Waals surface area contributed by atoms with Crippen LogP contribution in [0.25, 0.3) is 0 Å². The van der Waals surface area contributed by atoms with E-state index in [1.807, 2.05) is 20.8 Å². The molecule has 94 valence electrons. The van der Waals surface area contributed by atoms with Crippen LogP contribution in [0, 0.1) is 5.41 Å². The van der Waals surface area contributed by atoms with E-state index in [0.29, 0.717) is 6.61 Å². The zero-order valence-electron chi connectivity index (χ0n) is 13.3. The number of carbonyl (C=O) groups is 1. The third-order valence-corrected chi connectivity index (χ3v) is 4.67. The Morgan fingerprint density at radius 2 is 1.81 bits per heavy atom. The normalized spacial score (nSPS) is 17.1. The summed E-state index contributed by atoms with van der Waals surface area (Å²) in [4.78, 5) is 11.9. The largest absolute Gasteiger partial charge is 0.466 e. The minimum Gasteiger partial charge on any atom is -0.466 e. The fourth-order valence-electron chi connectivity index (χ4n) is 2.54. The molecule has 1 aliphatic heterocycles. The topological polar surface area (TPSA) is 26.3 Å². The molecule has 0 aromatic carbocycles. The van der Waals surface area contributed by atoms with Crippen LogP contribution in [-0.4, -0.2) is 83.4 Å². The molecule has 0 aliphatic carbocycles. The van der Waals surface area contributed by atoms with Crippen LogP contribution in [0.5, 0.6) is 0 Å². The molecule has 1 fully saturated rings. The molecule has 12 heteroatoms. The lowest BCUT2D eigenvalue weighted by Crippen LogP contribution is -2.63. The number of hydrogen-bond acceptors (Lipinski definition) is 2. The van der Waals surface area contributed by atoms with Gasteiger partial charge in [0.15, 0.2) is 0 Å². The summed E-state index contributed by atoms with van der Waals surface area (Å²) in [5.74, 6) is 0.0649. The van der Waals surface area contributed by atoms with E-state index in [0.717, 1.165) is 12.7 Å². The lowest BCUT2D eigenvalue weighted by Gasteiger charge is -2.26. The van der Waals surface area contributed by atoms with Gasteiger partial charge in [-0.1, -0.05) is 13.2 Å². The van der Waals surface area contributed by atoms with E-state index in [1.165, 1.54) is 0 Å². The molecule has 0 spiro atoms. The molecular weight excluding hydrogens is 248 g/mol. The molecule has 0 aromatic heterocycles. The third kappa shape index (κ3) is 5.06. The highest BCUT2D eigenvalue weighted by molar-refractivity contribution is 8.01. The van der Waals surface area contributed by atoms with Crippen molar-refractivity contribution < 1.29 is 9.53 Å². The Labute approximate surface area is 138 Å². The SMILES string of the molecule is [B]B([B])B([B])B(B([B])[B])B1CC1COC(=O)C(C)(C)CC. The number of rotatable bonds is 8. The number of ether oxygens (including phenoxy) is 1. The van der Waals surface area contributed by atoms with Gasteiger partial charge in [0.25, 0.3) is 0 Å². The van der Waals surface area contributed by atoms with Gasteiger partial charge in [-0.2, -0.15) is 0 Å². The molecule has 0 saturated carbocycles. The maximum atomic E-state index is 11.9. The quantitative estimate of drug-likeness (QED) is 0.392. The van der Waals surface area contributed by atoms with Crippen molar-refractivity contribution in [2.45, 2.75) is 39.3 Å². The summed E-state index contributed by atoms with van der Waals surface area (Å²) >= 11 is 0.